The number of carbonyl (C=O) groups excluding carboxylic acids is 1. The first kappa shape index (κ1) is 7.50. The number of primary amides is 1. The van der Waals surface area contributed by atoms with Crippen molar-refractivity contribution in [3.05, 3.63) is 0 Å². The molecule has 4 N–H and O–H groups in total. The van der Waals surface area contributed by atoms with Crippen LogP contribution in [-0.2, 0) is 9.53 Å². The van der Waals surface area contributed by atoms with Crippen LogP contribution in [0.2, 0.25) is 0 Å². The molecule has 1 saturated heterocycles. The molecule has 0 aromatic rings. The summed E-state index contributed by atoms with van der Waals surface area (Å²) in [6.07, 6.45) is 0.286. The van der Waals surface area contributed by atoms with Crippen LogP contribution in [0.4, 0.5) is 0 Å². The highest BCUT2D eigenvalue weighted by Gasteiger charge is 2.42. The van der Waals surface area contributed by atoms with E-state index in [0.717, 1.165) is 0 Å². The van der Waals surface area contributed by atoms with Gasteiger partial charge in [0.1, 0.15) is 5.54 Å². The fraction of sp³-hybridized carbons (Fsp3) is 0.833. The second-order valence-electron chi connectivity index (χ2n) is 2.67. The molecule has 2 unspecified atom stereocenters. The van der Waals surface area contributed by atoms with Gasteiger partial charge in [-0.3, -0.25) is 4.79 Å². The lowest BCUT2D eigenvalue weighted by Gasteiger charge is -2.22. The Bertz CT molecular complexity index is 160. The number of hydrogen-bond donors (Lipinski definition) is 2. The van der Waals surface area contributed by atoms with Crippen molar-refractivity contribution in [1.29, 1.82) is 0 Å². The molecule has 0 saturated carbocycles. The molecule has 4 heteroatoms. The zero-order chi connectivity index (χ0) is 7.78. The van der Waals surface area contributed by atoms with E-state index in [4.69, 9.17) is 16.2 Å². The number of carbonyl (C=O) groups is 1. The van der Waals surface area contributed by atoms with Crippen LogP contribution in [0.25, 0.3) is 0 Å². The van der Waals surface area contributed by atoms with E-state index in [1.54, 1.807) is 6.92 Å². The molecule has 1 aliphatic rings. The third kappa shape index (κ3) is 0.892. The highest BCUT2D eigenvalue weighted by molar-refractivity contribution is 5.85. The van der Waals surface area contributed by atoms with E-state index in [0.29, 0.717) is 13.0 Å². The Morgan fingerprint density at radius 2 is 2.40 bits per heavy atom. The summed E-state index contributed by atoms with van der Waals surface area (Å²) in [7, 11) is 0. The van der Waals surface area contributed by atoms with Crippen molar-refractivity contribution < 1.29 is 9.53 Å². The molecule has 0 spiro atoms. The van der Waals surface area contributed by atoms with Gasteiger partial charge in [0.05, 0.1) is 6.10 Å². The maximum absolute atomic E-state index is 10.8. The van der Waals surface area contributed by atoms with Gasteiger partial charge in [0.2, 0.25) is 5.91 Å². The van der Waals surface area contributed by atoms with E-state index in [9.17, 15) is 4.79 Å². The lowest BCUT2D eigenvalue weighted by atomic mass is 9.93. The Labute approximate surface area is 59.5 Å². The molecule has 2 atom stereocenters. The SMILES string of the molecule is CC1OCCC1(N)C(N)=O. The van der Waals surface area contributed by atoms with E-state index in [-0.39, 0.29) is 6.10 Å². The topological polar surface area (TPSA) is 78.3 Å². The summed E-state index contributed by atoms with van der Waals surface area (Å²) in [6, 6.07) is 0. The van der Waals surface area contributed by atoms with Gasteiger partial charge >= 0.3 is 0 Å². The van der Waals surface area contributed by atoms with E-state index in [1.165, 1.54) is 0 Å². The van der Waals surface area contributed by atoms with Crippen molar-refractivity contribution in [2.24, 2.45) is 11.5 Å². The molecular weight excluding hydrogens is 132 g/mol. The third-order valence-corrected chi connectivity index (χ3v) is 2.07. The van der Waals surface area contributed by atoms with Gasteiger partial charge in [-0.25, -0.2) is 0 Å². The molecule has 1 amide bonds. The van der Waals surface area contributed by atoms with Crippen LogP contribution < -0.4 is 11.5 Å². The second kappa shape index (κ2) is 2.21. The second-order valence-corrected chi connectivity index (χ2v) is 2.67. The van der Waals surface area contributed by atoms with Gasteiger partial charge in [-0.05, 0) is 6.92 Å². The van der Waals surface area contributed by atoms with E-state index in [1.807, 2.05) is 0 Å². The first-order valence-corrected chi connectivity index (χ1v) is 3.28. The van der Waals surface area contributed by atoms with Crippen LogP contribution in [0.3, 0.4) is 0 Å². The van der Waals surface area contributed by atoms with Gasteiger partial charge in [0.25, 0.3) is 0 Å². The van der Waals surface area contributed by atoms with Gasteiger partial charge in [0.15, 0.2) is 0 Å². The molecule has 0 bridgehead atoms. The molecule has 1 heterocycles. The van der Waals surface area contributed by atoms with Crippen LogP contribution in [-0.4, -0.2) is 24.2 Å². The van der Waals surface area contributed by atoms with Gasteiger partial charge in [0, 0.05) is 13.0 Å². The van der Waals surface area contributed by atoms with Crippen LogP contribution in [0.15, 0.2) is 0 Å². The predicted octanol–water partition coefficient (Wildman–Crippen LogP) is -1.02. The van der Waals surface area contributed by atoms with Crippen molar-refractivity contribution in [2.75, 3.05) is 6.61 Å². The Hall–Kier alpha value is -0.610. The van der Waals surface area contributed by atoms with Gasteiger partial charge in [-0.1, -0.05) is 0 Å². The molecule has 0 radical (unpaired) electrons. The number of rotatable bonds is 1. The Kier molecular flexibility index (Phi) is 1.66. The Morgan fingerprint density at radius 1 is 1.80 bits per heavy atom. The largest absolute Gasteiger partial charge is 0.376 e. The average Bonchev–Trinajstić information content (AvgIpc) is 2.15. The van der Waals surface area contributed by atoms with Crippen LogP contribution >= 0.6 is 0 Å². The maximum Gasteiger partial charge on any atom is 0.240 e. The standard InChI is InChI=1S/C6H12N2O2/c1-4-6(8,5(7)9)2-3-10-4/h4H,2-3,8H2,1H3,(H2,7,9). The summed E-state index contributed by atoms with van der Waals surface area (Å²) >= 11 is 0. The van der Waals surface area contributed by atoms with Gasteiger partial charge < -0.3 is 16.2 Å². The summed E-state index contributed by atoms with van der Waals surface area (Å²) in [5, 5.41) is 0. The van der Waals surface area contributed by atoms with Gasteiger partial charge in [-0.2, -0.15) is 0 Å². The molecule has 1 rings (SSSR count). The molecule has 4 nitrogen and oxygen atoms in total. The quantitative estimate of drug-likeness (QED) is 0.494. The normalized spacial score (nSPS) is 40.0. The van der Waals surface area contributed by atoms with E-state index < -0.39 is 11.4 Å². The van der Waals surface area contributed by atoms with Gasteiger partial charge in [-0.15, -0.1) is 0 Å². The first-order chi connectivity index (χ1) is 4.57. The van der Waals surface area contributed by atoms with Crippen molar-refractivity contribution >= 4 is 5.91 Å². The summed E-state index contributed by atoms with van der Waals surface area (Å²) in [5.41, 5.74) is 9.79. The number of nitrogens with two attached hydrogens (primary N) is 2. The molecule has 58 valence electrons. The highest BCUT2D eigenvalue weighted by Crippen LogP contribution is 2.22. The minimum Gasteiger partial charge on any atom is -0.376 e. The molecule has 0 aromatic heterocycles. The first-order valence-electron chi connectivity index (χ1n) is 3.28. The third-order valence-electron chi connectivity index (χ3n) is 2.07. The monoisotopic (exact) mass is 144 g/mol. The zero-order valence-corrected chi connectivity index (χ0v) is 5.96. The number of amides is 1. The summed E-state index contributed by atoms with van der Waals surface area (Å²) < 4.78 is 5.10. The summed E-state index contributed by atoms with van der Waals surface area (Å²) in [5.74, 6) is -0.475. The molecule has 0 aliphatic carbocycles. The van der Waals surface area contributed by atoms with Crippen molar-refractivity contribution in [1.82, 2.24) is 0 Å². The smallest absolute Gasteiger partial charge is 0.240 e. The molecule has 1 aliphatic heterocycles. The zero-order valence-electron chi connectivity index (χ0n) is 5.96. The van der Waals surface area contributed by atoms with Crippen molar-refractivity contribution in [3.63, 3.8) is 0 Å². The minimum absolute atomic E-state index is 0.245. The molecule has 1 fully saturated rings. The van der Waals surface area contributed by atoms with Crippen LogP contribution in [0.1, 0.15) is 13.3 Å². The number of ether oxygens (including phenoxy) is 1. The van der Waals surface area contributed by atoms with E-state index in [2.05, 4.69) is 0 Å². The van der Waals surface area contributed by atoms with Crippen molar-refractivity contribution in [3.8, 4) is 0 Å². The average molecular weight is 144 g/mol. The van der Waals surface area contributed by atoms with Crippen molar-refractivity contribution in [2.45, 2.75) is 25.0 Å². The fourth-order valence-electron chi connectivity index (χ4n) is 1.08. The number of hydrogen-bond acceptors (Lipinski definition) is 3. The minimum atomic E-state index is -0.931. The Morgan fingerprint density at radius 3 is 2.60 bits per heavy atom. The lowest BCUT2D eigenvalue weighted by molar-refractivity contribution is -0.124. The summed E-state index contributed by atoms with van der Waals surface area (Å²) in [6.45, 7) is 2.29. The predicted molar refractivity (Wildman–Crippen MR) is 36.1 cm³/mol. The molecule has 0 aromatic carbocycles. The van der Waals surface area contributed by atoms with Crippen LogP contribution in [0.5, 0.6) is 0 Å². The molecular formula is C6H12N2O2. The molecule has 10 heavy (non-hydrogen) atoms. The fourth-order valence-corrected chi connectivity index (χ4v) is 1.08. The summed E-state index contributed by atoms with van der Waals surface area (Å²) in [4.78, 5) is 10.8. The lowest BCUT2D eigenvalue weighted by Crippen LogP contribution is -2.56. The van der Waals surface area contributed by atoms with Crippen LogP contribution in [0, 0.1) is 0 Å². The van der Waals surface area contributed by atoms with E-state index >= 15 is 0 Å². The highest BCUT2D eigenvalue weighted by atomic mass is 16.5. The Balaban J connectivity index is 2.75. The maximum atomic E-state index is 10.8.